The molecule has 0 saturated carbocycles. The molecule has 1 heterocycles. The van der Waals surface area contributed by atoms with Crippen LogP contribution in [-0.2, 0) is 0 Å². The Balaban J connectivity index is 2.07. The van der Waals surface area contributed by atoms with E-state index >= 15 is 0 Å². The third kappa shape index (κ3) is 2.23. The summed E-state index contributed by atoms with van der Waals surface area (Å²) in [7, 11) is 0. The molecule has 0 spiro atoms. The maximum atomic E-state index is 4.55. The van der Waals surface area contributed by atoms with Crippen LogP contribution < -0.4 is 0 Å². The minimum absolute atomic E-state index is 0.326. The van der Waals surface area contributed by atoms with E-state index in [0.717, 1.165) is 11.1 Å². The van der Waals surface area contributed by atoms with Crippen molar-refractivity contribution in [2.45, 2.75) is 12.8 Å². The summed E-state index contributed by atoms with van der Waals surface area (Å²) in [5.74, 6) is 0.326. The Kier molecular flexibility index (Phi) is 3.34. The molecule has 3 rings (SSSR count). The zero-order chi connectivity index (χ0) is 13.9. The predicted octanol–water partition coefficient (Wildman–Crippen LogP) is 5.03. The molecule has 20 heavy (non-hydrogen) atoms. The molecule has 0 fully saturated rings. The number of para-hydroxylation sites is 1. The highest BCUT2D eigenvalue weighted by molar-refractivity contribution is 5.82. The Morgan fingerprint density at radius 2 is 1.75 bits per heavy atom. The van der Waals surface area contributed by atoms with E-state index in [1.54, 1.807) is 0 Å². The number of pyridine rings is 1. The topological polar surface area (TPSA) is 12.9 Å². The van der Waals surface area contributed by atoms with Crippen LogP contribution in [0, 0.1) is 0 Å². The second-order valence-corrected chi connectivity index (χ2v) is 5.01. The standard InChI is InChI=1S/C19H17N/c1-3-15-9-11-16(12-10-15)14(2)18-8-4-6-17-7-5-13-20-19(17)18/h3-14H,1H2,2H3. The van der Waals surface area contributed by atoms with Crippen LogP contribution in [0.3, 0.4) is 0 Å². The minimum atomic E-state index is 0.326. The number of fused-ring (bicyclic) bond motifs is 1. The molecule has 0 aliphatic heterocycles. The third-order valence-corrected chi connectivity index (χ3v) is 3.80. The normalized spacial score (nSPS) is 12.2. The van der Waals surface area contributed by atoms with Crippen LogP contribution in [0.1, 0.15) is 29.5 Å². The molecule has 0 aliphatic carbocycles. The first-order chi connectivity index (χ1) is 9.79. The maximum absolute atomic E-state index is 4.55. The van der Waals surface area contributed by atoms with E-state index in [9.17, 15) is 0 Å². The van der Waals surface area contributed by atoms with Crippen molar-refractivity contribution in [1.82, 2.24) is 4.98 Å². The van der Waals surface area contributed by atoms with Crippen molar-refractivity contribution < 1.29 is 0 Å². The second kappa shape index (κ2) is 5.30. The summed E-state index contributed by atoms with van der Waals surface area (Å²) in [5, 5.41) is 1.19. The molecule has 1 atom stereocenters. The van der Waals surface area contributed by atoms with Crippen LogP contribution in [0.4, 0.5) is 0 Å². The molecular formula is C19H17N. The molecule has 0 N–H and O–H groups in total. The van der Waals surface area contributed by atoms with E-state index in [4.69, 9.17) is 0 Å². The highest BCUT2D eigenvalue weighted by Crippen LogP contribution is 2.29. The van der Waals surface area contributed by atoms with E-state index in [1.165, 1.54) is 16.5 Å². The van der Waals surface area contributed by atoms with Gasteiger partial charge in [-0.1, -0.05) is 68.1 Å². The maximum Gasteiger partial charge on any atom is 0.0740 e. The van der Waals surface area contributed by atoms with E-state index in [2.05, 4.69) is 67.0 Å². The highest BCUT2D eigenvalue weighted by atomic mass is 14.6. The molecule has 0 radical (unpaired) electrons. The summed E-state index contributed by atoms with van der Waals surface area (Å²) in [6.45, 7) is 6.02. The SMILES string of the molecule is C=Cc1ccc(C(C)c2cccc3cccnc23)cc1. The Morgan fingerprint density at radius 1 is 1.00 bits per heavy atom. The van der Waals surface area contributed by atoms with Gasteiger partial charge in [0.1, 0.15) is 0 Å². The van der Waals surface area contributed by atoms with Crippen molar-refractivity contribution in [3.63, 3.8) is 0 Å². The summed E-state index contributed by atoms with van der Waals surface area (Å²) < 4.78 is 0. The van der Waals surface area contributed by atoms with Gasteiger partial charge in [-0.15, -0.1) is 0 Å². The smallest absolute Gasteiger partial charge is 0.0740 e. The first kappa shape index (κ1) is 12.6. The lowest BCUT2D eigenvalue weighted by Gasteiger charge is -2.14. The van der Waals surface area contributed by atoms with Gasteiger partial charge in [0.2, 0.25) is 0 Å². The van der Waals surface area contributed by atoms with Crippen LogP contribution in [0.5, 0.6) is 0 Å². The van der Waals surface area contributed by atoms with Crippen LogP contribution >= 0.6 is 0 Å². The highest BCUT2D eigenvalue weighted by Gasteiger charge is 2.12. The number of rotatable bonds is 3. The van der Waals surface area contributed by atoms with Gasteiger partial charge < -0.3 is 0 Å². The minimum Gasteiger partial charge on any atom is -0.256 e. The average Bonchev–Trinajstić information content (AvgIpc) is 2.54. The zero-order valence-corrected chi connectivity index (χ0v) is 11.6. The van der Waals surface area contributed by atoms with E-state index in [0.29, 0.717) is 5.92 Å². The molecule has 2 aromatic carbocycles. The fourth-order valence-corrected chi connectivity index (χ4v) is 2.58. The Bertz CT molecular complexity index is 736. The number of nitrogens with zero attached hydrogens (tertiary/aromatic N) is 1. The molecule has 0 saturated heterocycles. The number of aromatic nitrogens is 1. The Hall–Kier alpha value is -2.41. The summed E-state index contributed by atoms with van der Waals surface area (Å²) in [6.07, 6.45) is 3.73. The van der Waals surface area contributed by atoms with Crippen molar-refractivity contribution >= 4 is 17.0 Å². The quantitative estimate of drug-likeness (QED) is 0.643. The summed E-state index contributed by atoms with van der Waals surface area (Å²) in [4.78, 5) is 4.55. The van der Waals surface area contributed by atoms with Gasteiger partial charge in [0.25, 0.3) is 0 Å². The molecule has 98 valence electrons. The molecule has 1 heteroatoms. The van der Waals surface area contributed by atoms with Crippen LogP contribution in [-0.4, -0.2) is 4.98 Å². The largest absolute Gasteiger partial charge is 0.256 e. The zero-order valence-electron chi connectivity index (χ0n) is 11.6. The van der Waals surface area contributed by atoms with Crippen molar-refractivity contribution in [1.29, 1.82) is 0 Å². The van der Waals surface area contributed by atoms with Gasteiger partial charge in [0.05, 0.1) is 5.52 Å². The number of hydrogen-bond donors (Lipinski definition) is 0. The lowest BCUT2D eigenvalue weighted by molar-refractivity contribution is 0.928. The molecule has 1 nitrogen and oxygen atoms in total. The molecule has 1 unspecified atom stereocenters. The molecule has 0 aliphatic rings. The van der Waals surface area contributed by atoms with E-state index in [1.807, 2.05) is 18.3 Å². The average molecular weight is 259 g/mol. The summed E-state index contributed by atoms with van der Waals surface area (Å²) >= 11 is 0. The van der Waals surface area contributed by atoms with Gasteiger partial charge >= 0.3 is 0 Å². The first-order valence-electron chi connectivity index (χ1n) is 6.85. The fraction of sp³-hybridized carbons (Fsp3) is 0.105. The van der Waals surface area contributed by atoms with Gasteiger partial charge in [-0.2, -0.15) is 0 Å². The molecular weight excluding hydrogens is 242 g/mol. The summed E-state index contributed by atoms with van der Waals surface area (Å²) in [5.41, 5.74) is 4.82. The molecule has 0 amide bonds. The lowest BCUT2D eigenvalue weighted by atomic mass is 9.91. The molecule has 0 bridgehead atoms. The van der Waals surface area contributed by atoms with Gasteiger partial charge in [-0.3, -0.25) is 4.98 Å². The first-order valence-corrected chi connectivity index (χ1v) is 6.85. The van der Waals surface area contributed by atoms with Crippen LogP contribution in [0.15, 0.2) is 67.4 Å². The predicted molar refractivity (Wildman–Crippen MR) is 85.8 cm³/mol. The van der Waals surface area contributed by atoms with Gasteiger partial charge in [0.15, 0.2) is 0 Å². The van der Waals surface area contributed by atoms with Gasteiger partial charge in [0, 0.05) is 17.5 Å². The van der Waals surface area contributed by atoms with Gasteiger partial charge in [-0.25, -0.2) is 0 Å². The Morgan fingerprint density at radius 3 is 2.50 bits per heavy atom. The monoisotopic (exact) mass is 259 g/mol. The van der Waals surface area contributed by atoms with E-state index < -0.39 is 0 Å². The van der Waals surface area contributed by atoms with Crippen molar-refractivity contribution in [3.05, 3.63) is 84.1 Å². The van der Waals surface area contributed by atoms with Crippen LogP contribution in [0.2, 0.25) is 0 Å². The molecule has 3 aromatic rings. The van der Waals surface area contributed by atoms with Gasteiger partial charge in [-0.05, 0) is 22.8 Å². The van der Waals surface area contributed by atoms with E-state index in [-0.39, 0.29) is 0 Å². The molecule has 1 aromatic heterocycles. The Labute approximate surface area is 119 Å². The number of benzene rings is 2. The summed E-state index contributed by atoms with van der Waals surface area (Å²) in [6, 6.07) is 19.0. The number of hydrogen-bond acceptors (Lipinski definition) is 1. The second-order valence-electron chi connectivity index (χ2n) is 5.01. The van der Waals surface area contributed by atoms with Crippen molar-refractivity contribution in [2.75, 3.05) is 0 Å². The fourth-order valence-electron chi connectivity index (χ4n) is 2.58. The third-order valence-electron chi connectivity index (χ3n) is 3.80. The van der Waals surface area contributed by atoms with Crippen LogP contribution in [0.25, 0.3) is 17.0 Å². The lowest BCUT2D eigenvalue weighted by Crippen LogP contribution is -1.98. The van der Waals surface area contributed by atoms with Crippen molar-refractivity contribution in [2.24, 2.45) is 0 Å². The van der Waals surface area contributed by atoms with Crippen molar-refractivity contribution in [3.8, 4) is 0 Å².